The monoisotopic (exact) mass is 364 g/mol. The topological polar surface area (TPSA) is 81.3 Å². The molecule has 3 rings (SSSR count). The summed E-state index contributed by atoms with van der Waals surface area (Å²) < 4.78 is 6.40. The summed E-state index contributed by atoms with van der Waals surface area (Å²) in [5.41, 5.74) is 6.62. The van der Waals surface area contributed by atoms with Crippen molar-refractivity contribution in [1.29, 1.82) is 0 Å². The maximum atomic E-state index is 12.7. The van der Waals surface area contributed by atoms with Crippen LogP contribution < -0.4 is 10.5 Å². The van der Waals surface area contributed by atoms with Crippen molar-refractivity contribution in [2.45, 2.75) is 36.7 Å². The average Bonchev–Trinajstić information content (AvgIpc) is 3.33. The fourth-order valence-corrected chi connectivity index (χ4v) is 3.93. The number of carbonyl (C=O) groups excluding carboxylic acids is 1. The molecule has 128 valence electrons. The number of nitrogens with two attached hydrogens (primary N) is 1. The lowest BCUT2D eigenvalue weighted by molar-refractivity contribution is -0.129. The highest BCUT2D eigenvalue weighted by Crippen LogP contribution is 2.32. The third-order valence-electron chi connectivity index (χ3n) is 3.66. The number of hydrogen-bond acceptors (Lipinski definition) is 7. The Morgan fingerprint density at radius 1 is 1.42 bits per heavy atom. The molecule has 1 saturated carbocycles. The zero-order chi connectivity index (χ0) is 16.9. The maximum Gasteiger partial charge on any atom is 0.233 e. The Hall–Kier alpha value is -1.80. The molecule has 1 amide bonds. The van der Waals surface area contributed by atoms with Crippen LogP contribution in [0, 0.1) is 0 Å². The van der Waals surface area contributed by atoms with Gasteiger partial charge in [-0.25, -0.2) is 0 Å². The van der Waals surface area contributed by atoms with Crippen LogP contribution in [0.25, 0.3) is 0 Å². The summed E-state index contributed by atoms with van der Waals surface area (Å²) in [6.45, 7) is 3.16. The minimum absolute atomic E-state index is 0.113. The van der Waals surface area contributed by atoms with E-state index in [1.165, 1.54) is 23.1 Å². The van der Waals surface area contributed by atoms with Crippen LogP contribution in [0.2, 0.25) is 0 Å². The molecule has 8 heteroatoms. The van der Waals surface area contributed by atoms with Gasteiger partial charge in [0, 0.05) is 18.2 Å². The van der Waals surface area contributed by atoms with Crippen LogP contribution in [0.1, 0.15) is 25.3 Å². The molecule has 0 aliphatic heterocycles. The number of nitrogen functional groups attached to an aromatic ring is 1. The van der Waals surface area contributed by atoms with Crippen LogP contribution in [0.3, 0.4) is 0 Å². The van der Waals surface area contributed by atoms with Crippen molar-refractivity contribution in [2.24, 2.45) is 0 Å². The van der Waals surface area contributed by atoms with E-state index in [1.807, 2.05) is 36.1 Å². The first kappa shape index (κ1) is 17.0. The van der Waals surface area contributed by atoms with E-state index in [9.17, 15) is 4.79 Å². The molecule has 24 heavy (non-hydrogen) atoms. The Bertz CT molecular complexity index is 703. The number of nitrogens with zero attached hydrogens (tertiary/aromatic N) is 3. The van der Waals surface area contributed by atoms with Crippen molar-refractivity contribution >= 4 is 34.1 Å². The Kier molecular flexibility index (Phi) is 5.57. The van der Waals surface area contributed by atoms with Crippen molar-refractivity contribution in [3.8, 4) is 5.75 Å². The molecule has 1 aromatic carbocycles. The van der Waals surface area contributed by atoms with E-state index >= 15 is 0 Å². The highest BCUT2D eigenvalue weighted by atomic mass is 32.2. The zero-order valence-corrected chi connectivity index (χ0v) is 15.1. The SMILES string of the molecule is CCOc1ccccc1CN(C(=O)CSc1nnc(N)s1)C1CC1. The molecular formula is C16H20N4O2S2. The van der Waals surface area contributed by atoms with Crippen LogP contribution in [-0.2, 0) is 11.3 Å². The van der Waals surface area contributed by atoms with Gasteiger partial charge in [-0.2, -0.15) is 0 Å². The summed E-state index contributed by atoms with van der Waals surface area (Å²) in [5, 5.41) is 8.14. The first-order valence-electron chi connectivity index (χ1n) is 7.89. The van der Waals surface area contributed by atoms with Crippen molar-refractivity contribution < 1.29 is 9.53 Å². The predicted octanol–water partition coefficient (Wildman–Crippen LogP) is 2.80. The summed E-state index contributed by atoms with van der Waals surface area (Å²) >= 11 is 2.70. The van der Waals surface area contributed by atoms with Gasteiger partial charge in [-0.05, 0) is 25.8 Å². The second-order valence-corrected chi connectivity index (χ2v) is 7.72. The summed E-state index contributed by atoms with van der Waals surface area (Å²) in [5.74, 6) is 1.31. The van der Waals surface area contributed by atoms with Gasteiger partial charge in [0.2, 0.25) is 11.0 Å². The quantitative estimate of drug-likeness (QED) is 0.726. The Balaban J connectivity index is 1.65. The molecule has 2 aromatic rings. The van der Waals surface area contributed by atoms with E-state index in [-0.39, 0.29) is 5.91 Å². The van der Waals surface area contributed by atoms with Gasteiger partial charge >= 0.3 is 0 Å². The number of thioether (sulfide) groups is 1. The molecule has 0 radical (unpaired) electrons. The molecule has 1 heterocycles. The molecule has 0 atom stereocenters. The number of benzene rings is 1. The maximum absolute atomic E-state index is 12.7. The number of hydrogen-bond donors (Lipinski definition) is 1. The molecule has 6 nitrogen and oxygen atoms in total. The first-order chi connectivity index (χ1) is 11.7. The lowest BCUT2D eigenvalue weighted by Crippen LogP contribution is -2.34. The third kappa shape index (κ3) is 4.39. The van der Waals surface area contributed by atoms with Gasteiger partial charge in [-0.1, -0.05) is 41.3 Å². The van der Waals surface area contributed by atoms with Gasteiger partial charge in [0.1, 0.15) is 5.75 Å². The normalized spacial score (nSPS) is 13.7. The number of carbonyl (C=O) groups is 1. The van der Waals surface area contributed by atoms with Gasteiger partial charge in [0.25, 0.3) is 0 Å². The van der Waals surface area contributed by atoms with Crippen LogP contribution in [-0.4, -0.2) is 39.4 Å². The predicted molar refractivity (Wildman–Crippen MR) is 96.2 cm³/mol. The van der Waals surface area contributed by atoms with Gasteiger partial charge < -0.3 is 15.4 Å². The van der Waals surface area contributed by atoms with Gasteiger partial charge in [-0.3, -0.25) is 4.79 Å². The fraction of sp³-hybridized carbons (Fsp3) is 0.438. The molecule has 1 aromatic heterocycles. The van der Waals surface area contributed by atoms with E-state index in [2.05, 4.69) is 10.2 Å². The van der Waals surface area contributed by atoms with Crippen molar-refractivity contribution in [3.05, 3.63) is 29.8 Å². The molecule has 1 aliphatic rings. The van der Waals surface area contributed by atoms with Gasteiger partial charge in [0.15, 0.2) is 4.34 Å². The van der Waals surface area contributed by atoms with Gasteiger partial charge in [0.05, 0.1) is 12.4 Å². The van der Waals surface area contributed by atoms with E-state index in [0.29, 0.717) is 30.1 Å². The van der Waals surface area contributed by atoms with E-state index in [4.69, 9.17) is 10.5 Å². The minimum Gasteiger partial charge on any atom is -0.494 e. The summed E-state index contributed by atoms with van der Waals surface area (Å²) in [6.07, 6.45) is 2.14. The van der Waals surface area contributed by atoms with Crippen LogP contribution in [0.15, 0.2) is 28.6 Å². The summed E-state index contributed by atoms with van der Waals surface area (Å²) in [6, 6.07) is 8.24. The van der Waals surface area contributed by atoms with Crippen molar-refractivity contribution in [3.63, 3.8) is 0 Å². The van der Waals surface area contributed by atoms with Crippen LogP contribution in [0.5, 0.6) is 5.75 Å². The number of aromatic nitrogens is 2. The molecule has 1 fully saturated rings. The molecule has 0 spiro atoms. The van der Waals surface area contributed by atoms with Gasteiger partial charge in [-0.15, -0.1) is 10.2 Å². The third-order valence-corrected chi connectivity index (χ3v) is 5.53. The van der Waals surface area contributed by atoms with E-state index in [1.54, 1.807) is 0 Å². The highest BCUT2D eigenvalue weighted by molar-refractivity contribution is 8.01. The summed E-state index contributed by atoms with van der Waals surface area (Å²) in [7, 11) is 0. The standard InChI is InChI=1S/C16H20N4O2S2/c1-2-22-13-6-4-3-5-11(13)9-20(12-7-8-12)14(21)10-23-16-19-18-15(17)24-16/h3-6,12H,2,7-10H2,1H3,(H2,17,18). The molecule has 0 saturated heterocycles. The fourth-order valence-electron chi connectivity index (χ4n) is 2.41. The number of amides is 1. The number of ether oxygens (including phenoxy) is 1. The number of rotatable bonds is 8. The minimum atomic E-state index is 0.113. The Labute approximate surface area is 149 Å². The van der Waals surface area contributed by atoms with E-state index < -0.39 is 0 Å². The number of anilines is 1. The lowest BCUT2D eigenvalue weighted by Gasteiger charge is -2.23. The smallest absolute Gasteiger partial charge is 0.233 e. The largest absolute Gasteiger partial charge is 0.494 e. The molecule has 0 unspecified atom stereocenters. The Morgan fingerprint density at radius 3 is 2.88 bits per heavy atom. The summed E-state index contributed by atoms with van der Waals surface area (Å²) in [4.78, 5) is 14.6. The van der Waals surface area contributed by atoms with Crippen molar-refractivity contribution in [1.82, 2.24) is 15.1 Å². The highest BCUT2D eigenvalue weighted by Gasteiger charge is 2.33. The molecule has 0 bridgehead atoms. The number of para-hydroxylation sites is 1. The zero-order valence-electron chi connectivity index (χ0n) is 13.5. The molecule has 2 N–H and O–H groups in total. The second-order valence-electron chi connectivity index (χ2n) is 5.49. The Morgan fingerprint density at radius 2 is 2.21 bits per heavy atom. The lowest BCUT2D eigenvalue weighted by atomic mass is 10.2. The second kappa shape index (κ2) is 7.85. The van der Waals surface area contributed by atoms with E-state index in [0.717, 1.165) is 28.5 Å². The van der Waals surface area contributed by atoms with Crippen LogP contribution in [0.4, 0.5) is 5.13 Å². The average molecular weight is 364 g/mol. The molecular weight excluding hydrogens is 344 g/mol. The first-order valence-corrected chi connectivity index (χ1v) is 9.69. The van der Waals surface area contributed by atoms with Crippen molar-refractivity contribution in [2.75, 3.05) is 18.1 Å². The molecule has 1 aliphatic carbocycles. The van der Waals surface area contributed by atoms with Crippen LogP contribution >= 0.6 is 23.1 Å².